The van der Waals surface area contributed by atoms with Gasteiger partial charge in [0, 0.05) is 6.20 Å². The second-order valence-corrected chi connectivity index (χ2v) is 9.55. The van der Waals surface area contributed by atoms with Crippen LogP contribution in [0.5, 0.6) is 5.75 Å². The minimum atomic E-state index is -0.554. The third-order valence-corrected chi connectivity index (χ3v) is 7.12. The maximum absolute atomic E-state index is 13.7. The summed E-state index contributed by atoms with van der Waals surface area (Å²) in [6.45, 7) is 4.81. The van der Waals surface area contributed by atoms with Gasteiger partial charge in [0.2, 0.25) is 0 Å². The number of pyridine rings is 1. The Hall–Kier alpha value is -3.15. The molecule has 1 saturated carbocycles. The lowest BCUT2D eigenvalue weighted by Crippen LogP contribution is -2.39. The number of nitrogens with zero attached hydrogens (tertiary/aromatic N) is 2. The number of ketones is 1. The number of rotatable bonds is 7. The van der Waals surface area contributed by atoms with E-state index in [0.29, 0.717) is 18.0 Å². The molecule has 1 aliphatic carbocycles. The Morgan fingerprint density at radius 2 is 1.88 bits per heavy atom. The van der Waals surface area contributed by atoms with Crippen LogP contribution in [0, 0.1) is 12.8 Å². The van der Waals surface area contributed by atoms with Gasteiger partial charge in [0.25, 0.3) is 5.91 Å². The van der Waals surface area contributed by atoms with E-state index < -0.39 is 6.04 Å². The van der Waals surface area contributed by atoms with Crippen LogP contribution in [0.4, 0.5) is 5.82 Å². The van der Waals surface area contributed by atoms with Crippen LogP contribution in [-0.2, 0) is 14.3 Å². The van der Waals surface area contributed by atoms with Crippen molar-refractivity contribution in [2.45, 2.75) is 70.9 Å². The highest BCUT2D eigenvalue weighted by molar-refractivity contribution is 6.17. The summed E-state index contributed by atoms with van der Waals surface area (Å²) in [5, 5.41) is 0. The Kier molecular flexibility index (Phi) is 6.40. The molecule has 178 valence electrons. The van der Waals surface area contributed by atoms with Crippen molar-refractivity contribution in [1.29, 1.82) is 0 Å². The fraction of sp³-hybridized carbons (Fsp3) is 0.464. The standard InChI is InChI=1S/C28H32N2O4/c1-3-4-7-16-33-20-12-10-19(11-13-20)25-24-26(31)21-8-5-6-9-22(21)34-27(24)28(32)30(25)23-17-18(2)14-15-29-23/h10-15,17,21-22,25H,3-9,16H2,1-2H3. The van der Waals surface area contributed by atoms with Gasteiger partial charge in [-0.3, -0.25) is 14.5 Å². The highest BCUT2D eigenvalue weighted by atomic mass is 16.5. The summed E-state index contributed by atoms with van der Waals surface area (Å²) in [6, 6.07) is 11.0. The van der Waals surface area contributed by atoms with Crippen LogP contribution in [0.15, 0.2) is 53.9 Å². The molecular formula is C28H32N2O4. The van der Waals surface area contributed by atoms with Gasteiger partial charge in [-0.2, -0.15) is 0 Å². The maximum Gasteiger partial charge on any atom is 0.295 e. The Balaban J connectivity index is 1.51. The average Bonchev–Trinajstić information content (AvgIpc) is 3.15. The van der Waals surface area contributed by atoms with Gasteiger partial charge in [-0.05, 0) is 68.0 Å². The van der Waals surface area contributed by atoms with Crippen molar-refractivity contribution in [1.82, 2.24) is 4.98 Å². The zero-order valence-corrected chi connectivity index (χ0v) is 20.0. The monoisotopic (exact) mass is 460 g/mol. The number of anilines is 1. The number of carbonyl (C=O) groups excluding carboxylic acids is 2. The van der Waals surface area contributed by atoms with Crippen LogP contribution in [0.25, 0.3) is 0 Å². The normalized spacial score (nSPS) is 24.1. The molecule has 1 fully saturated rings. The summed E-state index contributed by atoms with van der Waals surface area (Å²) in [7, 11) is 0. The number of amides is 1. The first-order valence-electron chi connectivity index (χ1n) is 12.5. The van der Waals surface area contributed by atoms with E-state index in [-0.39, 0.29) is 29.5 Å². The van der Waals surface area contributed by atoms with Crippen LogP contribution in [0.3, 0.4) is 0 Å². The topological polar surface area (TPSA) is 68.7 Å². The molecule has 1 aromatic carbocycles. The van der Waals surface area contributed by atoms with E-state index in [0.717, 1.165) is 61.8 Å². The molecule has 3 unspecified atom stereocenters. The van der Waals surface area contributed by atoms with Crippen LogP contribution < -0.4 is 9.64 Å². The summed E-state index contributed by atoms with van der Waals surface area (Å²) in [5.41, 5.74) is 2.33. The number of fused-ring (bicyclic) bond motifs is 1. The molecule has 6 nitrogen and oxygen atoms in total. The smallest absolute Gasteiger partial charge is 0.295 e. The van der Waals surface area contributed by atoms with Gasteiger partial charge in [-0.25, -0.2) is 4.98 Å². The van der Waals surface area contributed by atoms with Crippen molar-refractivity contribution in [3.8, 4) is 5.75 Å². The molecule has 5 rings (SSSR count). The van der Waals surface area contributed by atoms with Crippen molar-refractivity contribution in [2.24, 2.45) is 5.92 Å². The Morgan fingerprint density at radius 1 is 1.09 bits per heavy atom. The van der Waals surface area contributed by atoms with Crippen molar-refractivity contribution < 1.29 is 19.1 Å². The molecule has 0 bridgehead atoms. The van der Waals surface area contributed by atoms with Gasteiger partial charge >= 0.3 is 0 Å². The van der Waals surface area contributed by atoms with Crippen LogP contribution >= 0.6 is 0 Å². The molecule has 0 saturated heterocycles. The Labute approximate surface area is 201 Å². The molecule has 3 heterocycles. The molecule has 3 aliphatic rings. The number of carbonyl (C=O) groups is 2. The highest BCUT2D eigenvalue weighted by Crippen LogP contribution is 2.48. The van der Waals surface area contributed by atoms with Gasteiger partial charge in [0.15, 0.2) is 11.5 Å². The quantitative estimate of drug-likeness (QED) is 0.513. The first-order valence-corrected chi connectivity index (χ1v) is 12.5. The van der Waals surface area contributed by atoms with Crippen LogP contribution in [0.1, 0.15) is 69.0 Å². The maximum atomic E-state index is 13.7. The number of aromatic nitrogens is 1. The zero-order chi connectivity index (χ0) is 23.7. The highest BCUT2D eigenvalue weighted by Gasteiger charge is 2.52. The number of hydrogen-bond acceptors (Lipinski definition) is 5. The van der Waals surface area contributed by atoms with Gasteiger partial charge in [-0.15, -0.1) is 0 Å². The molecule has 2 aromatic rings. The molecule has 1 amide bonds. The van der Waals surface area contributed by atoms with E-state index in [1.54, 1.807) is 11.1 Å². The fourth-order valence-electron chi connectivity index (χ4n) is 5.34. The summed E-state index contributed by atoms with van der Waals surface area (Å²) in [4.78, 5) is 33.5. The van der Waals surface area contributed by atoms with E-state index in [9.17, 15) is 9.59 Å². The number of Topliss-reactive ketones (excluding diaryl/α,β-unsaturated/α-hetero) is 1. The van der Waals surface area contributed by atoms with E-state index >= 15 is 0 Å². The average molecular weight is 461 g/mol. The third kappa shape index (κ3) is 4.10. The summed E-state index contributed by atoms with van der Waals surface area (Å²) in [5.74, 6) is 1.13. The molecule has 3 atom stereocenters. The van der Waals surface area contributed by atoms with Gasteiger partial charge in [0.05, 0.1) is 24.1 Å². The second-order valence-electron chi connectivity index (χ2n) is 9.55. The molecular weight excluding hydrogens is 428 g/mol. The SMILES string of the molecule is CCCCCOc1ccc(C2C3=C(OC4CCCCC4C3=O)C(=O)N2c2cc(C)ccn2)cc1. The van der Waals surface area contributed by atoms with E-state index in [1.165, 1.54) is 0 Å². The predicted octanol–water partition coefficient (Wildman–Crippen LogP) is 5.46. The molecule has 6 heteroatoms. The summed E-state index contributed by atoms with van der Waals surface area (Å²) in [6.07, 6.45) is 8.48. The number of ether oxygens (including phenoxy) is 2. The molecule has 1 aromatic heterocycles. The second kappa shape index (κ2) is 9.61. The van der Waals surface area contributed by atoms with Gasteiger partial charge in [0.1, 0.15) is 17.7 Å². The molecule has 0 spiro atoms. The lowest BCUT2D eigenvalue weighted by molar-refractivity contribution is -0.131. The van der Waals surface area contributed by atoms with Crippen molar-refractivity contribution in [3.05, 3.63) is 65.1 Å². The lowest BCUT2D eigenvalue weighted by atomic mass is 9.77. The first kappa shape index (κ1) is 22.6. The lowest BCUT2D eigenvalue weighted by Gasteiger charge is -2.35. The Bertz CT molecular complexity index is 1110. The van der Waals surface area contributed by atoms with E-state index in [1.807, 2.05) is 43.3 Å². The van der Waals surface area contributed by atoms with E-state index in [2.05, 4.69) is 11.9 Å². The number of hydrogen-bond donors (Lipinski definition) is 0. The van der Waals surface area contributed by atoms with Crippen molar-refractivity contribution >= 4 is 17.5 Å². The van der Waals surface area contributed by atoms with E-state index in [4.69, 9.17) is 9.47 Å². The van der Waals surface area contributed by atoms with Crippen molar-refractivity contribution in [2.75, 3.05) is 11.5 Å². The van der Waals surface area contributed by atoms with Crippen molar-refractivity contribution in [3.63, 3.8) is 0 Å². The minimum Gasteiger partial charge on any atom is -0.494 e. The molecule has 2 aliphatic heterocycles. The van der Waals surface area contributed by atoms with Crippen LogP contribution in [-0.4, -0.2) is 29.4 Å². The number of benzene rings is 1. The first-order chi connectivity index (χ1) is 16.6. The predicted molar refractivity (Wildman–Crippen MR) is 130 cm³/mol. The number of aryl methyl sites for hydroxylation is 1. The van der Waals surface area contributed by atoms with Crippen LogP contribution in [0.2, 0.25) is 0 Å². The largest absolute Gasteiger partial charge is 0.494 e. The molecule has 34 heavy (non-hydrogen) atoms. The van der Waals surface area contributed by atoms with Gasteiger partial charge < -0.3 is 9.47 Å². The zero-order valence-electron chi connectivity index (χ0n) is 20.0. The number of unbranched alkanes of at least 4 members (excludes halogenated alkanes) is 2. The summed E-state index contributed by atoms with van der Waals surface area (Å²) >= 11 is 0. The minimum absolute atomic E-state index is 0.0549. The van der Waals surface area contributed by atoms with Gasteiger partial charge in [-0.1, -0.05) is 38.3 Å². The Morgan fingerprint density at radius 3 is 2.65 bits per heavy atom. The molecule has 0 N–H and O–H groups in total. The molecule has 0 radical (unpaired) electrons. The summed E-state index contributed by atoms with van der Waals surface area (Å²) < 4.78 is 12.1. The third-order valence-electron chi connectivity index (χ3n) is 7.12. The fourth-order valence-corrected chi connectivity index (χ4v) is 5.34.